The number of aryl methyl sites for hydroxylation is 1. The average molecular weight is 264 g/mol. The molecule has 2 unspecified atom stereocenters. The number of carbonyl (C=O) groups is 1. The molecule has 0 saturated carbocycles. The zero-order valence-electron chi connectivity index (χ0n) is 11.5. The van der Waals surface area contributed by atoms with Crippen molar-refractivity contribution in [2.24, 2.45) is 11.8 Å². The quantitative estimate of drug-likeness (QED) is 0.878. The number of rotatable bonds is 3. The molecule has 1 fully saturated rings. The summed E-state index contributed by atoms with van der Waals surface area (Å²) in [5.74, 6) is 0.511. The highest BCUT2D eigenvalue weighted by Gasteiger charge is 2.21. The Hall–Kier alpha value is -1.42. The maximum atomic E-state index is 13.3. The van der Waals surface area contributed by atoms with Crippen LogP contribution in [0.4, 0.5) is 4.39 Å². The third kappa shape index (κ3) is 3.77. The number of hydrogen-bond donors (Lipinski definition) is 2. The molecule has 2 atom stereocenters. The van der Waals surface area contributed by atoms with Crippen LogP contribution >= 0.6 is 0 Å². The number of hydrogen-bond acceptors (Lipinski definition) is 2. The van der Waals surface area contributed by atoms with Crippen molar-refractivity contribution in [3.63, 3.8) is 0 Å². The number of piperidine rings is 1. The first-order valence-corrected chi connectivity index (χ1v) is 6.82. The van der Waals surface area contributed by atoms with E-state index in [-0.39, 0.29) is 11.7 Å². The van der Waals surface area contributed by atoms with Crippen molar-refractivity contribution >= 4 is 5.91 Å². The van der Waals surface area contributed by atoms with E-state index in [1.165, 1.54) is 12.1 Å². The van der Waals surface area contributed by atoms with E-state index in [4.69, 9.17) is 0 Å². The van der Waals surface area contributed by atoms with Gasteiger partial charge in [0.05, 0.1) is 0 Å². The monoisotopic (exact) mass is 264 g/mol. The molecule has 3 nitrogen and oxygen atoms in total. The van der Waals surface area contributed by atoms with Gasteiger partial charge in [-0.25, -0.2) is 4.39 Å². The van der Waals surface area contributed by atoms with Gasteiger partial charge in [-0.05, 0) is 62.0 Å². The molecule has 0 aromatic heterocycles. The van der Waals surface area contributed by atoms with Crippen LogP contribution < -0.4 is 10.6 Å². The van der Waals surface area contributed by atoms with E-state index < -0.39 is 0 Å². The van der Waals surface area contributed by atoms with Crippen LogP contribution in [0.3, 0.4) is 0 Å². The number of amides is 1. The van der Waals surface area contributed by atoms with Gasteiger partial charge in [0.1, 0.15) is 5.82 Å². The maximum Gasteiger partial charge on any atom is 0.251 e. The van der Waals surface area contributed by atoms with Crippen molar-refractivity contribution < 1.29 is 9.18 Å². The highest BCUT2D eigenvalue weighted by molar-refractivity contribution is 5.94. The van der Waals surface area contributed by atoms with Crippen molar-refractivity contribution in [2.75, 3.05) is 19.6 Å². The largest absolute Gasteiger partial charge is 0.352 e. The Labute approximate surface area is 113 Å². The van der Waals surface area contributed by atoms with Gasteiger partial charge in [-0.15, -0.1) is 0 Å². The van der Waals surface area contributed by atoms with Crippen molar-refractivity contribution in [3.05, 3.63) is 35.1 Å². The topological polar surface area (TPSA) is 41.1 Å². The minimum absolute atomic E-state index is 0.187. The molecule has 4 heteroatoms. The molecule has 1 heterocycles. The van der Waals surface area contributed by atoms with Gasteiger partial charge in [-0.1, -0.05) is 6.92 Å². The fraction of sp³-hybridized carbons (Fsp3) is 0.533. The minimum atomic E-state index is -0.361. The smallest absolute Gasteiger partial charge is 0.251 e. The molecule has 1 aliphatic rings. The first kappa shape index (κ1) is 14.0. The average Bonchev–Trinajstić information content (AvgIpc) is 2.36. The fourth-order valence-electron chi connectivity index (χ4n) is 2.56. The van der Waals surface area contributed by atoms with E-state index in [1.54, 1.807) is 13.0 Å². The summed E-state index contributed by atoms with van der Waals surface area (Å²) in [6, 6.07) is 4.42. The van der Waals surface area contributed by atoms with Gasteiger partial charge in [0.25, 0.3) is 5.91 Å². The van der Waals surface area contributed by atoms with Crippen LogP contribution in [0.15, 0.2) is 18.2 Å². The Morgan fingerprint density at radius 2 is 2.26 bits per heavy atom. The molecule has 2 N–H and O–H groups in total. The third-order valence-corrected chi connectivity index (χ3v) is 3.79. The Morgan fingerprint density at radius 1 is 1.47 bits per heavy atom. The molecular formula is C15H21FN2O. The summed E-state index contributed by atoms with van der Waals surface area (Å²) < 4.78 is 13.3. The van der Waals surface area contributed by atoms with Crippen molar-refractivity contribution in [1.29, 1.82) is 0 Å². The second-order valence-electron chi connectivity index (χ2n) is 5.46. The Bertz CT molecular complexity index is 441. The van der Waals surface area contributed by atoms with Crippen LogP contribution in [-0.2, 0) is 0 Å². The molecule has 0 bridgehead atoms. The van der Waals surface area contributed by atoms with Crippen LogP contribution in [0.1, 0.15) is 29.3 Å². The molecule has 0 aliphatic carbocycles. The summed E-state index contributed by atoms with van der Waals surface area (Å²) in [6.45, 7) is 6.64. The highest BCUT2D eigenvalue weighted by atomic mass is 19.1. The van der Waals surface area contributed by atoms with Crippen LogP contribution in [0.2, 0.25) is 0 Å². The highest BCUT2D eigenvalue weighted by Crippen LogP contribution is 2.17. The predicted molar refractivity (Wildman–Crippen MR) is 73.6 cm³/mol. The first-order valence-electron chi connectivity index (χ1n) is 6.82. The second-order valence-corrected chi connectivity index (χ2v) is 5.46. The molecule has 1 aliphatic heterocycles. The second kappa shape index (κ2) is 6.15. The van der Waals surface area contributed by atoms with Gasteiger partial charge < -0.3 is 10.6 Å². The number of nitrogens with one attached hydrogen (secondary N) is 2. The zero-order chi connectivity index (χ0) is 13.8. The van der Waals surface area contributed by atoms with Gasteiger partial charge in [0.15, 0.2) is 0 Å². The maximum absolute atomic E-state index is 13.3. The van der Waals surface area contributed by atoms with E-state index in [2.05, 4.69) is 17.6 Å². The lowest BCUT2D eigenvalue weighted by Gasteiger charge is -2.29. The first-order chi connectivity index (χ1) is 9.06. The lowest BCUT2D eigenvalue weighted by atomic mass is 9.88. The van der Waals surface area contributed by atoms with Crippen LogP contribution in [0, 0.1) is 24.6 Å². The van der Waals surface area contributed by atoms with Gasteiger partial charge in [-0.2, -0.15) is 0 Å². The molecule has 0 radical (unpaired) electrons. The molecule has 104 valence electrons. The van der Waals surface area contributed by atoms with Crippen LogP contribution in [-0.4, -0.2) is 25.5 Å². The summed E-state index contributed by atoms with van der Waals surface area (Å²) in [7, 11) is 0. The summed E-state index contributed by atoms with van der Waals surface area (Å²) in [6.07, 6.45) is 1.07. The van der Waals surface area contributed by atoms with Crippen molar-refractivity contribution in [1.82, 2.24) is 10.6 Å². The standard InChI is InChI=1S/C15H21FN2O/c1-10-5-13(7-14(16)6-10)15(19)18-9-12-3-4-17-8-11(12)2/h5-7,11-12,17H,3-4,8-9H2,1-2H3,(H,18,19). The van der Waals surface area contributed by atoms with Gasteiger partial charge in [0.2, 0.25) is 0 Å². The van der Waals surface area contributed by atoms with E-state index >= 15 is 0 Å². The summed E-state index contributed by atoms with van der Waals surface area (Å²) in [5.41, 5.74) is 1.17. The van der Waals surface area contributed by atoms with E-state index in [9.17, 15) is 9.18 Å². The zero-order valence-corrected chi connectivity index (χ0v) is 11.5. The summed E-state index contributed by atoms with van der Waals surface area (Å²) in [4.78, 5) is 12.0. The fourth-order valence-corrected chi connectivity index (χ4v) is 2.56. The molecule has 1 amide bonds. The van der Waals surface area contributed by atoms with Crippen molar-refractivity contribution in [3.8, 4) is 0 Å². The molecule has 1 aromatic rings. The molecule has 2 rings (SSSR count). The number of carbonyl (C=O) groups excluding carboxylic acids is 1. The summed E-state index contributed by atoms with van der Waals surface area (Å²) in [5, 5.41) is 6.26. The number of benzene rings is 1. The Balaban J connectivity index is 1.93. The molecule has 1 aromatic carbocycles. The number of halogens is 1. The predicted octanol–water partition coefficient (Wildman–Crippen LogP) is 2.11. The Kier molecular flexibility index (Phi) is 4.53. The lowest BCUT2D eigenvalue weighted by molar-refractivity contribution is 0.0937. The van der Waals surface area contributed by atoms with E-state index in [0.717, 1.165) is 25.1 Å². The van der Waals surface area contributed by atoms with Gasteiger partial charge in [0, 0.05) is 12.1 Å². The Morgan fingerprint density at radius 3 is 2.95 bits per heavy atom. The lowest BCUT2D eigenvalue weighted by Crippen LogP contribution is -2.41. The van der Waals surface area contributed by atoms with Gasteiger partial charge in [-0.3, -0.25) is 4.79 Å². The normalized spacial score (nSPS) is 23.1. The van der Waals surface area contributed by atoms with Crippen LogP contribution in [0.25, 0.3) is 0 Å². The summed E-state index contributed by atoms with van der Waals surface area (Å²) >= 11 is 0. The van der Waals surface area contributed by atoms with Crippen molar-refractivity contribution in [2.45, 2.75) is 20.3 Å². The van der Waals surface area contributed by atoms with E-state index in [1.807, 2.05) is 0 Å². The minimum Gasteiger partial charge on any atom is -0.352 e. The van der Waals surface area contributed by atoms with E-state index in [0.29, 0.717) is 23.9 Å². The molecular weight excluding hydrogens is 243 g/mol. The SMILES string of the molecule is Cc1cc(F)cc(C(=O)NCC2CCNCC2C)c1. The molecule has 1 saturated heterocycles. The molecule has 0 spiro atoms. The third-order valence-electron chi connectivity index (χ3n) is 3.79. The van der Waals surface area contributed by atoms with Gasteiger partial charge >= 0.3 is 0 Å². The van der Waals surface area contributed by atoms with Crippen LogP contribution in [0.5, 0.6) is 0 Å². The molecule has 19 heavy (non-hydrogen) atoms.